The Balaban J connectivity index is 1.70. The number of nitro groups is 1. The summed E-state index contributed by atoms with van der Waals surface area (Å²) >= 11 is 0. The first-order valence-electron chi connectivity index (χ1n) is 7.28. The molecule has 0 radical (unpaired) electrons. The summed E-state index contributed by atoms with van der Waals surface area (Å²) in [6, 6.07) is 7.42. The number of imidazole rings is 1. The van der Waals surface area contributed by atoms with Crippen molar-refractivity contribution in [3.63, 3.8) is 0 Å². The highest BCUT2D eigenvalue weighted by Crippen LogP contribution is 2.30. The van der Waals surface area contributed by atoms with Crippen LogP contribution in [0.2, 0.25) is 0 Å². The van der Waals surface area contributed by atoms with E-state index in [-0.39, 0.29) is 12.6 Å². The molecule has 2 aromatic rings. The number of rotatable bonds is 6. The molecule has 0 saturated heterocycles. The maximum absolute atomic E-state index is 10.9. The minimum Gasteiger partial charge on any atom is -0.488 e. The van der Waals surface area contributed by atoms with Gasteiger partial charge in [0.15, 0.2) is 6.29 Å². The Morgan fingerprint density at radius 2 is 2.21 bits per heavy atom. The maximum atomic E-state index is 10.9. The number of hydrogen-bond acceptors (Lipinski definition) is 7. The Morgan fingerprint density at radius 1 is 1.38 bits per heavy atom. The summed E-state index contributed by atoms with van der Waals surface area (Å²) < 4.78 is 7.22. The predicted molar refractivity (Wildman–Crippen MR) is 88.9 cm³/mol. The molecule has 3 rings (SSSR count). The highest BCUT2D eigenvalue weighted by atomic mass is 16.6. The summed E-state index contributed by atoms with van der Waals surface area (Å²) in [6.45, 7) is 0.564. The Morgan fingerprint density at radius 3 is 3.00 bits per heavy atom. The van der Waals surface area contributed by atoms with Crippen molar-refractivity contribution < 1.29 is 9.66 Å². The molecule has 9 heteroatoms. The zero-order chi connectivity index (χ0) is 16.9. The highest BCUT2D eigenvalue weighted by molar-refractivity contribution is 5.75. The topological polar surface area (TPSA) is 112 Å². The van der Waals surface area contributed by atoms with Crippen molar-refractivity contribution in [3.05, 3.63) is 59.0 Å². The quantitative estimate of drug-likeness (QED) is 0.635. The highest BCUT2D eigenvalue weighted by Gasteiger charge is 2.18. The van der Waals surface area contributed by atoms with Gasteiger partial charge in [0.2, 0.25) is 0 Å². The van der Waals surface area contributed by atoms with Gasteiger partial charge in [0.25, 0.3) is 0 Å². The summed E-state index contributed by atoms with van der Waals surface area (Å²) in [5.41, 5.74) is 6.75. The average molecular weight is 328 g/mol. The van der Waals surface area contributed by atoms with Crippen LogP contribution in [0.4, 0.5) is 11.6 Å². The zero-order valence-electron chi connectivity index (χ0n) is 12.7. The molecule has 1 aromatic heterocycles. The lowest BCUT2D eigenvalue weighted by molar-refractivity contribution is -0.396. The number of ether oxygens (including phenoxy) is 1. The van der Waals surface area contributed by atoms with Gasteiger partial charge in [-0.05, 0) is 23.1 Å². The lowest BCUT2D eigenvalue weighted by atomic mass is 10.2. The van der Waals surface area contributed by atoms with Crippen LogP contribution in [0.25, 0.3) is 0 Å². The second-order valence-corrected chi connectivity index (χ2v) is 4.95. The molecule has 0 fully saturated rings. The van der Waals surface area contributed by atoms with Gasteiger partial charge >= 0.3 is 5.95 Å². The summed E-state index contributed by atoms with van der Waals surface area (Å²) in [5.74, 6) is 0.416. The Hall–Kier alpha value is -3.20. The number of para-hydroxylation sites is 2. The number of aromatic nitrogens is 2. The number of hydrogen-bond donors (Lipinski definition) is 1. The van der Waals surface area contributed by atoms with Gasteiger partial charge in [-0.2, -0.15) is 0 Å². The first kappa shape index (κ1) is 15.7. The molecule has 124 valence electrons. The van der Waals surface area contributed by atoms with Gasteiger partial charge in [-0.15, -0.1) is 0 Å². The second kappa shape index (κ2) is 6.92. The van der Waals surface area contributed by atoms with Crippen LogP contribution < -0.4 is 15.4 Å². The fourth-order valence-electron chi connectivity index (χ4n) is 2.35. The Bertz CT molecular complexity index is 785. The van der Waals surface area contributed by atoms with E-state index in [9.17, 15) is 10.1 Å². The lowest BCUT2D eigenvalue weighted by Crippen LogP contribution is -2.38. The second-order valence-electron chi connectivity index (χ2n) is 4.95. The van der Waals surface area contributed by atoms with Crippen molar-refractivity contribution in [2.24, 2.45) is 10.7 Å². The van der Waals surface area contributed by atoms with Gasteiger partial charge in [0.1, 0.15) is 31.3 Å². The molecule has 2 heterocycles. The molecule has 0 amide bonds. The van der Waals surface area contributed by atoms with Crippen molar-refractivity contribution in [2.75, 3.05) is 11.5 Å². The van der Waals surface area contributed by atoms with Crippen molar-refractivity contribution in [2.45, 2.75) is 12.8 Å². The first-order valence-corrected chi connectivity index (χ1v) is 7.28. The van der Waals surface area contributed by atoms with Crippen LogP contribution in [0.3, 0.4) is 0 Å². The van der Waals surface area contributed by atoms with Crippen molar-refractivity contribution in [1.29, 1.82) is 0 Å². The molecule has 0 spiro atoms. The van der Waals surface area contributed by atoms with E-state index < -0.39 is 11.2 Å². The predicted octanol–water partition coefficient (Wildman–Crippen LogP) is 1.52. The van der Waals surface area contributed by atoms with Crippen LogP contribution in [-0.2, 0) is 6.54 Å². The average Bonchev–Trinajstić information content (AvgIpc) is 3.05. The van der Waals surface area contributed by atoms with Gasteiger partial charge in [-0.1, -0.05) is 17.1 Å². The molecule has 0 bridgehead atoms. The van der Waals surface area contributed by atoms with Crippen LogP contribution in [0.5, 0.6) is 5.75 Å². The molecule has 0 aliphatic carbocycles. The minimum absolute atomic E-state index is 0.206. The summed E-state index contributed by atoms with van der Waals surface area (Å²) in [7, 11) is 0. The summed E-state index contributed by atoms with van der Waals surface area (Å²) in [6.07, 6.45) is 7.67. The summed E-state index contributed by atoms with van der Waals surface area (Å²) in [5, 5.41) is 10.9. The standard InChI is InChI=1S/C15H16N6O3/c16-14-17-6-3-8-20(14)12-4-1-2-5-13(12)24-11-10-19-9-7-18-15(19)21(22)23/h1-9,14H,10-11,16H2. The Kier molecular flexibility index (Phi) is 4.52. The number of anilines is 1. The van der Waals surface area contributed by atoms with Crippen molar-refractivity contribution >= 4 is 17.9 Å². The fraction of sp³-hybridized carbons (Fsp3) is 0.200. The molecule has 24 heavy (non-hydrogen) atoms. The van der Waals surface area contributed by atoms with E-state index in [1.165, 1.54) is 10.8 Å². The van der Waals surface area contributed by atoms with Gasteiger partial charge in [0.05, 0.1) is 5.69 Å². The SMILES string of the molecule is NC1N=CC=CN1c1ccccc1OCCn1ccnc1[N+](=O)[O-]. The smallest absolute Gasteiger partial charge is 0.434 e. The van der Waals surface area contributed by atoms with Gasteiger partial charge in [-0.25, -0.2) is 4.57 Å². The normalized spacial score (nSPS) is 16.4. The van der Waals surface area contributed by atoms with E-state index in [2.05, 4.69) is 9.98 Å². The van der Waals surface area contributed by atoms with Crippen molar-refractivity contribution in [1.82, 2.24) is 9.55 Å². The van der Waals surface area contributed by atoms with Crippen LogP contribution >= 0.6 is 0 Å². The molecule has 0 saturated carbocycles. The lowest BCUT2D eigenvalue weighted by Gasteiger charge is -2.28. The van der Waals surface area contributed by atoms with E-state index >= 15 is 0 Å². The van der Waals surface area contributed by atoms with E-state index in [1.54, 1.807) is 23.4 Å². The third-order valence-electron chi connectivity index (χ3n) is 3.45. The molecular formula is C15H16N6O3. The van der Waals surface area contributed by atoms with E-state index in [0.717, 1.165) is 5.69 Å². The van der Waals surface area contributed by atoms with E-state index in [4.69, 9.17) is 10.5 Å². The molecule has 1 aliphatic rings. The van der Waals surface area contributed by atoms with Crippen LogP contribution in [0.1, 0.15) is 0 Å². The summed E-state index contributed by atoms with van der Waals surface area (Å²) in [4.78, 5) is 19.9. The van der Waals surface area contributed by atoms with Crippen molar-refractivity contribution in [3.8, 4) is 5.75 Å². The van der Waals surface area contributed by atoms with Crippen LogP contribution in [0.15, 0.2) is 53.9 Å². The number of benzene rings is 1. The number of aliphatic imine (C=N–C) groups is 1. The number of allylic oxidation sites excluding steroid dienone is 1. The largest absolute Gasteiger partial charge is 0.488 e. The third kappa shape index (κ3) is 3.25. The third-order valence-corrected chi connectivity index (χ3v) is 3.45. The monoisotopic (exact) mass is 328 g/mol. The molecule has 9 nitrogen and oxygen atoms in total. The first-order chi connectivity index (χ1) is 11.7. The van der Waals surface area contributed by atoms with E-state index in [0.29, 0.717) is 12.3 Å². The van der Waals surface area contributed by atoms with E-state index in [1.807, 2.05) is 30.5 Å². The van der Waals surface area contributed by atoms with Crippen LogP contribution in [0, 0.1) is 10.1 Å². The van der Waals surface area contributed by atoms with Crippen LogP contribution in [-0.4, -0.2) is 33.6 Å². The Labute approximate surface area is 137 Å². The zero-order valence-corrected chi connectivity index (χ0v) is 12.7. The molecule has 2 N–H and O–H groups in total. The minimum atomic E-state index is -0.524. The molecule has 1 unspecified atom stereocenters. The molecular weight excluding hydrogens is 312 g/mol. The number of nitrogens with zero attached hydrogens (tertiary/aromatic N) is 5. The number of nitrogens with two attached hydrogens (primary N) is 1. The molecule has 1 aromatic carbocycles. The maximum Gasteiger partial charge on any atom is 0.434 e. The van der Waals surface area contributed by atoms with Gasteiger partial charge in [0, 0.05) is 12.4 Å². The molecule has 1 aliphatic heterocycles. The van der Waals surface area contributed by atoms with Gasteiger partial charge < -0.3 is 19.8 Å². The molecule has 1 atom stereocenters. The fourth-order valence-corrected chi connectivity index (χ4v) is 2.35. The van der Waals surface area contributed by atoms with Gasteiger partial charge in [-0.3, -0.25) is 10.7 Å².